The maximum absolute atomic E-state index is 5.02. The molecule has 0 amide bonds. The van der Waals surface area contributed by atoms with E-state index in [1.807, 2.05) is 30.7 Å². The molecular weight excluding hydrogens is 307 g/mol. The van der Waals surface area contributed by atoms with Crippen molar-refractivity contribution in [3.63, 3.8) is 0 Å². The van der Waals surface area contributed by atoms with Crippen LogP contribution in [0.25, 0.3) is 0 Å². The molecule has 1 rings (SSSR count). The SMILES string of the molecule is [CH]1C=CC=C1.[Cl][Ce]([Cl])[Cl]. The van der Waals surface area contributed by atoms with Gasteiger partial charge in [-0.05, 0) is 0 Å². The minimum absolute atomic E-state index is 2.00. The zero-order valence-electron chi connectivity index (χ0n) is 4.52. The molecule has 0 unspecified atom stereocenters. The van der Waals surface area contributed by atoms with Crippen LogP contribution in [0.15, 0.2) is 24.3 Å². The van der Waals surface area contributed by atoms with Crippen molar-refractivity contribution in [2.24, 2.45) is 0 Å². The molecule has 4 heteroatoms. The van der Waals surface area contributed by atoms with Crippen LogP contribution in [0.2, 0.25) is 0 Å². The summed E-state index contributed by atoms with van der Waals surface area (Å²) in [4.78, 5) is 0. The third-order valence-electron chi connectivity index (χ3n) is 0.556. The molecule has 0 nitrogen and oxygen atoms in total. The summed E-state index contributed by atoms with van der Waals surface area (Å²) in [5.74, 6) is 0. The first-order valence-electron chi connectivity index (χ1n) is 2.23. The van der Waals surface area contributed by atoms with Crippen LogP contribution in [0.4, 0.5) is 0 Å². The fraction of sp³-hybridized carbons (Fsp3) is 0. The molecule has 0 spiro atoms. The Balaban J connectivity index is 0.000000148. The van der Waals surface area contributed by atoms with Crippen molar-refractivity contribution in [1.29, 1.82) is 0 Å². The van der Waals surface area contributed by atoms with E-state index in [0.717, 1.165) is 0 Å². The molecule has 1 radical (unpaired) electrons. The van der Waals surface area contributed by atoms with Gasteiger partial charge in [0, 0.05) is 6.42 Å². The summed E-state index contributed by atoms with van der Waals surface area (Å²) in [6.45, 7) is 0. The number of rotatable bonds is 0. The Morgan fingerprint density at radius 1 is 0.778 bits per heavy atom. The van der Waals surface area contributed by atoms with Gasteiger partial charge in [0.2, 0.25) is 0 Å². The predicted octanol–water partition coefficient (Wildman–Crippen LogP) is 3.39. The summed E-state index contributed by atoms with van der Waals surface area (Å²) >= 11 is -2.24. The Labute approximate surface area is 76.7 Å². The first-order valence-corrected chi connectivity index (χ1v) is 14.0. The molecule has 1 aliphatic carbocycles. The van der Waals surface area contributed by atoms with Crippen LogP contribution in [0.1, 0.15) is 0 Å². The van der Waals surface area contributed by atoms with Crippen LogP contribution < -0.4 is 0 Å². The molecule has 0 heterocycles. The molecule has 0 fully saturated rings. The van der Waals surface area contributed by atoms with E-state index in [0.29, 0.717) is 0 Å². The summed E-state index contributed by atoms with van der Waals surface area (Å²) < 4.78 is 0. The van der Waals surface area contributed by atoms with Gasteiger partial charge in [-0.15, -0.1) is 0 Å². The van der Waals surface area contributed by atoms with Crippen LogP contribution >= 0.6 is 16.9 Å². The van der Waals surface area contributed by atoms with Crippen LogP contribution in [-0.4, -0.2) is 0 Å². The topological polar surface area (TPSA) is 0 Å². The fourth-order valence-corrected chi connectivity index (χ4v) is 0.321. The van der Waals surface area contributed by atoms with Crippen molar-refractivity contribution < 1.29 is 30.7 Å². The molecule has 9 heavy (non-hydrogen) atoms. The van der Waals surface area contributed by atoms with Gasteiger partial charge in [0.25, 0.3) is 0 Å². The summed E-state index contributed by atoms with van der Waals surface area (Å²) in [6, 6.07) is 0. The second-order valence-corrected chi connectivity index (χ2v) is 15.0. The quantitative estimate of drug-likeness (QED) is 0.643. The Bertz CT molecular complexity index is 96.0. The fourth-order valence-electron chi connectivity index (χ4n) is 0.321. The van der Waals surface area contributed by atoms with Crippen LogP contribution in [0, 0.1) is 37.1 Å². The van der Waals surface area contributed by atoms with Gasteiger partial charge in [-0.2, -0.15) is 0 Å². The van der Waals surface area contributed by atoms with Crippen molar-refractivity contribution >= 4 is 16.9 Å². The molecule has 0 atom stereocenters. The summed E-state index contributed by atoms with van der Waals surface area (Å²) in [6.07, 6.45) is 10.0. The van der Waals surface area contributed by atoms with E-state index >= 15 is 0 Å². The Kier molecular flexibility index (Phi) is 9.33. The minimum atomic E-state index is -2.24. The molecule has 1 aliphatic rings. The molecule has 0 aliphatic heterocycles. The maximum atomic E-state index is 5.02. The molecule has 0 saturated carbocycles. The van der Waals surface area contributed by atoms with Crippen molar-refractivity contribution in [3.05, 3.63) is 30.7 Å². The number of allylic oxidation sites excluding steroid dienone is 4. The first-order chi connectivity index (χ1) is 4.23. The summed E-state index contributed by atoms with van der Waals surface area (Å²) in [7, 11) is 0. The van der Waals surface area contributed by atoms with Crippen LogP contribution in [-0.2, 0) is 0 Å². The van der Waals surface area contributed by atoms with E-state index in [1.165, 1.54) is 0 Å². The summed E-state index contributed by atoms with van der Waals surface area (Å²) in [5.41, 5.74) is 15.1. The average molecular weight is 312 g/mol. The van der Waals surface area contributed by atoms with E-state index in [1.54, 1.807) is 0 Å². The standard InChI is InChI=1S/C5H5.Ce.3ClH/c1-2-4-5-3-1;;;;/h1-5H;;3*1H/q;+3;;;/p-3. The number of hydrogen-bond acceptors (Lipinski definition) is 0. The van der Waals surface area contributed by atoms with Crippen LogP contribution in [0.3, 0.4) is 0 Å². The van der Waals surface area contributed by atoms with Gasteiger partial charge in [-0.25, -0.2) is 0 Å². The van der Waals surface area contributed by atoms with E-state index in [2.05, 4.69) is 0 Å². The molecule has 0 bridgehead atoms. The molecule has 0 aromatic heterocycles. The zero-order valence-corrected chi connectivity index (χ0v) is 9.93. The second kappa shape index (κ2) is 7.83. The van der Waals surface area contributed by atoms with Gasteiger partial charge >= 0.3 is 47.6 Å². The Morgan fingerprint density at radius 2 is 1.11 bits per heavy atom. The van der Waals surface area contributed by atoms with Crippen LogP contribution in [0.5, 0.6) is 0 Å². The van der Waals surface area contributed by atoms with Gasteiger partial charge in [0.1, 0.15) is 0 Å². The zero-order chi connectivity index (χ0) is 7.11. The van der Waals surface area contributed by atoms with Gasteiger partial charge in [-0.3, -0.25) is 0 Å². The average Bonchev–Trinajstić information content (AvgIpc) is 2.11. The number of hydrogen-bond donors (Lipinski definition) is 0. The van der Waals surface area contributed by atoms with E-state index in [4.69, 9.17) is 16.9 Å². The Morgan fingerprint density at radius 3 is 1.22 bits per heavy atom. The molecular formula is C5H5CeCl3. The van der Waals surface area contributed by atoms with Gasteiger partial charge in [0.05, 0.1) is 0 Å². The number of halogens is 3. The normalized spacial score (nSPS) is 12.8. The van der Waals surface area contributed by atoms with E-state index in [9.17, 15) is 0 Å². The Hall–Kier alpha value is 1.73. The third kappa shape index (κ3) is 12.8. The van der Waals surface area contributed by atoms with Crippen molar-refractivity contribution in [2.45, 2.75) is 0 Å². The molecule has 50 valence electrons. The predicted molar refractivity (Wildman–Crippen MR) is 40.1 cm³/mol. The van der Waals surface area contributed by atoms with Crippen molar-refractivity contribution in [2.75, 3.05) is 0 Å². The molecule has 0 saturated heterocycles. The summed E-state index contributed by atoms with van der Waals surface area (Å²) in [5, 5.41) is 0. The van der Waals surface area contributed by atoms with Gasteiger partial charge < -0.3 is 0 Å². The molecule has 0 aromatic rings. The van der Waals surface area contributed by atoms with E-state index in [-0.39, 0.29) is 0 Å². The van der Waals surface area contributed by atoms with E-state index < -0.39 is 30.7 Å². The molecule has 0 N–H and O–H groups in total. The van der Waals surface area contributed by atoms with Crippen molar-refractivity contribution in [1.82, 2.24) is 0 Å². The second-order valence-electron chi connectivity index (χ2n) is 1.18. The first kappa shape index (κ1) is 10.7. The van der Waals surface area contributed by atoms with Gasteiger partial charge in [-0.1, -0.05) is 24.3 Å². The van der Waals surface area contributed by atoms with Gasteiger partial charge in [0.15, 0.2) is 0 Å². The molecule has 0 aromatic carbocycles. The third-order valence-corrected chi connectivity index (χ3v) is 0.556. The monoisotopic (exact) mass is 310 g/mol. The van der Waals surface area contributed by atoms with Crippen molar-refractivity contribution in [3.8, 4) is 0 Å².